The summed E-state index contributed by atoms with van der Waals surface area (Å²) < 4.78 is 0. The number of rotatable bonds is 3. The van der Waals surface area contributed by atoms with Gasteiger partial charge in [0.15, 0.2) is 0 Å². The van der Waals surface area contributed by atoms with Crippen LogP contribution in [0.25, 0.3) is 0 Å². The predicted molar refractivity (Wildman–Crippen MR) is 53.5 cm³/mol. The molecule has 0 atom stereocenters. The van der Waals surface area contributed by atoms with Crippen LogP contribution in [0.5, 0.6) is 5.75 Å². The smallest absolute Gasteiger partial charge is 0.303 e. The van der Waals surface area contributed by atoms with Gasteiger partial charge in [-0.1, -0.05) is 12.1 Å². The molecular weight excluding hydrogens is 180 g/mol. The van der Waals surface area contributed by atoms with Crippen LogP contribution in [0.2, 0.25) is 0 Å². The van der Waals surface area contributed by atoms with E-state index in [2.05, 4.69) is 0 Å². The van der Waals surface area contributed by atoms with Crippen LogP contribution < -0.4 is 0 Å². The maximum absolute atomic E-state index is 10.4. The Hall–Kier alpha value is -1.51. The number of carboxylic acid groups (broad SMARTS) is 1. The van der Waals surface area contributed by atoms with Crippen LogP contribution in [0, 0.1) is 13.8 Å². The Morgan fingerprint density at radius 3 is 2.57 bits per heavy atom. The zero-order chi connectivity index (χ0) is 10.7. The number of hydrogen-bond donors (Lipinski definition) is 2. The standard InChI is InChI=1S/C11H14O3/c1-7-3-4-9(5-6-10(12)13)8(2)11(7)14/h3-4,14H,5-6H2,1-2H3,(H,12,13). The molecule has 0 bridgehead atoms. The molecule has 0 spiro atoms. The zero-order valence-corrected chi connectivity index (χ0v) is 8.37. The first kappa shape index (κ1) is 10.6. The number of hydrogen-bond acceptors (Lipinski definition) is 2. The van der Waals surface area contributed by atoms with Crippen molar-refractivity contribution in [2.75, 3.05) is 0 Å². The van der Waals surface area contributed by atoms with Crippen molar-refractivity contribution in [1.29, 1.82) is 0 Å². The van der Waals surface area contributed by atoms with E-state index in [1.54, 1.807) is 13.0 Å². The van der Waals surface area contributed by atoms with Gasteiger partial charge in [-0.15, -0.1) is 0 Å². The number of aliphatic carboxylic acids is 1. The lowest BCUT2D eigenvalue weighted by molar-refractivity contribution is -0.136. The van der Waals surface area contributed by atoms with Crippen LogP contribution in [0.15, 0.2) is 12.1 Å². The third-order valence-corrected chi connectivity index (χ3v) is 2.35. The van der Waals surface area contributed by atoms with E-state index in [-0.39, 0.29) is 12.2 Å². The van der Waals surface area contributed by atoms with E-state index >= 15 is 0 Å². The van der Waals surface area contributed by atoms with Crippen LogP contribution in [0.1, 0.15) is 23.1 Å². The average molecular weight is 194 g/mol. The normalized spacial score (nSPS) is 10.1. The molecule has 14 heavy (non-hydrogen) atoms. The van der Waals surface area contributed by atoms with Gasteiger partial charge in [-0.05, 0) is 37.0 Å². The highest BCUT2D eigenvalue weighted by molar-refractivity contribution is 5.67. The van der Waals surface area contributed by atoms with Crippen molar-refractivity contribution in [2.45, 2.75) is 26.7 Å². The molecule has 0 saturated carbocycles. The third kappa shape index (κ3) is 2.25. The lowest BCUT2D eigenvalue weighted by Gasteiger charge is -2.08. The molecule has 3 nitrogen and oxygen atoms in total. The van der Waals surface area contributed by atoms with Gasteiger partial charge in [0.05, 0.1) is 0 Å². The monoisotopic (exact) mass is 194 g/mol. The van der Waals surface area contributed by atoms with Crippen molar-refractivity contribution in [2.24, 2.45) is 0 Å². The molecule has 2 N–H and O–H groups in total. The van der Waals surface area contributed by atoms with Crippen molar-refractivity contribution in [3.8, 4) is 5.75 Å². The number of aromatic hydroxyl groups is 1. The molecule has 0 aliphatic rings. The largest absolute Gasteiger partial charge is 0.507 e. The molecule has 0 aliphatic heterocycles. The lowest BCUT2D eigenvalue weighted by atomic mass is 10.0. The van der Waals surface area contributed by atoms with Crippen LogP contribution in [0.4, 0.5) is 0 Å². The molecule has 0 aliphatic carbocycles. The van der Waals surface area contributed by atoms with E-state index in [0.29, 0.717) is 6.42 Å². The number of carbonyl (C=O) groups is 1. The SMILES string of the molecule is Cc1ccc(CCC(=O)O)c(C)c1O. The van der Waals surface area contributed by atoms with E-state index in [0.717, 1.165) is 16.7 Å². The fraction of sp³-hybridized carbons (Fsp3) is 0.364. The Morgan fingerprint density at radius 1 is 1.36 bits per heavy atom. The maximum atomic E-state index is 10.4. The molecular formula is C11H14O3. The van der Waals surface area contributed by atoms with Gasteiger partial charge in [-0.25, -0.2) is 0 Å². The fourth-order valence-electron chi connectivity index (χ4n) is 1.39. The van der Waals surface area contributed by atoms with Gasteiger partial charge in [-0.3, -0.25) is 4.79 Å². The summed E-state index contributed by atoms with van der Waals surface area (Å²) in [6, 6.07) is 3.67. The Kier molecular flexibility index (Phi) is 3.12. The molecule has 1 aromatic rings. The van der Waals surface area contributed by atoms with Gasteiger partial charge in [0.1, 0.15) is 5.75 Å². The summed E-state index contributed by atoms with van der Waals surface area (Å²) in [5.41, 5.74) is 2.50. The zero-order valence-electron chi connectivity index (χ0n) is 8.37. The predicted octanol–water partition coefficient (Wildman–Crippen LogP) is 2.03. The molecule has 0 heterocycles. The van der Waals surface area contributed by atoms with Crippen molar-refractivity contribution >= 4 is 5.97 Å². The third-order valence-electron chi connectivity index (χ3n) is 2.35. The second-order valence-electron chi connectivity index (χ2n) is 3.41. The summed E-state index contributed by atoms with van der Waals surface area (Å²) in [6.07, 6.45) is 0.568. The molecule has 1 rings (SSSR count). The van der Waals surface area contributed by atoms with Gasteiger partial charge < -0.3 is 10.2 Å². The van der Waals surface area contributed by atoms with Crippen molar-refractivity contribution < 1.29 is 15.0 Å². The van der Waals surface area contributed by atoms with Gasteiger partial charge in [0.25, 0.3) is 0 Å². The summed E-state index contributed by atoms with van der Waals surface area (Å²) >= 11 is 0. The summed E-state index contributed by atoms with van der Waals surface area (Å²) in [5, 5.41) is 18.1. The second-order valence-corrected chi connectivity index (χ2v) is 3.41. The number of carboxylic acids is 1. The van der Waals surface area contributed by atoms with Crippen LogP contribution >= 0.6 is 0 Å². The molecule has 3 heteroatoms. The molecule has 0 unspecified atom stereocenters. The number of aryl methyl sites for hydroxylation is 2. The Bertz CT molecular complexity index is 356. The van der Waals surface area contributed by atoms with E-state index in [1.165, 1.54) is 0 Å². The Morgan fingerprint density at radius 2 is 2.00 bits per heavy atom. The summed E-state index contributed by atoms with van der Waals surface area (Å²) in [6.45, 7) is 3.63. The number of phenols is 1. The van der Waals surface area contributed by atoms with Crippen molar-refractivity contribution in [3.63, 3.8) is 0 Å². The minimum Gasteiger partial charge on any atom is -0.507 e. The van der Waals surface area contributed by atoms with E-state index in [9.17, 15) is 9.90 Å². The number of benzene rings is 1. The molecule has 0 amide bonds. The van der Waals surface area contributed by atoms with Crippen molar-refractivity contribution in [1.82, 2.24) is 0 Å². The van der Waals surface area contributed by atoms with Crippen LogP contribution in [-0.2, 0) is 11.2 Å². The van der Waals surface area contributed by atoms with E-state index in [4.69, 9.17) is 5.11 Å². The maximum Gasteiger partial charge on any atom is 0.303 e. The summed E-state index contributed by atoms with van der Waals surface area (Å²) in [7, 11) is 0. The molecule has 0 radical (unpaired) electrons. The van der Waals surface area contributed by atoms with E-state index in [1.807, 2.05) is 13.0 Å². The van der Waals surface area contributed by atoms with Gasteiger partial charge in [-0.2, -0.15) is 0 Å². The van der Waals surface area contributed by atoms with E-state index < -0.39 is 5.97 Å². The quantitative estimate of drug-likeness (QED) is 0.774. The molecule has 0 saturated heterocycles. The highest BCUT2D eigenvalue weighted by Gasteiger charge is 2.07. The highest BCUT2D eigenvalue weighted by atomic mass is 16.4. The lowest BCUT2D eigenvalue weighted by Crippen LogP contribution is -1.99. The van der Waals surface area contributed by atoms with Gasteiger partial charge in [0.2, 0.25) is 0 Å². The van der Waals surface area contributed by atoms with Crippen molar-refractivity contribution in [3.05, 3.63) is 28.8 Å². The highest BCUT2D eigenvalue weighted by Crippen LogP contribution is 2.25. The van der Waals surface area contributed by atoms with Gasteiger partial charge >= 0.3 is 5.97 Å². The topological polar surface area (TPSA) is 57.5 Å². The van der Waals surface area contributed by atoms with Gasteiger partial charge in [0, 0.05) is 6.42 Å². The number of phenolic OH excluding ortho intramolecular Hbond substituents is 1. The Balaban J connectivity index is 2.88. The van der Waals surface area contributed by atoms with Crippen LogP contribution in [-0.4, -0.2) is 16.2 Å². The average Bonchev–Trinajstić information content (AvgIpc) is 2.13. The van der Waals surface area contributed by atoms with Crippen LogP contribution in [0.3, 0.4) is 0 Å². The Labute approximate surface area is 83.0 Å². The first-order valence-electron chi connectivity index (χ1n) is 4.52. The summed E-state index contributed by atoms with van der Waals surface area (Å²) in [4.78, 5) is 10.4. The minimum absolute atomic E-state index is 0.101. The molecule has 0 aromatic heterocycles. The first-order chi connectivity index (χ1) is 6.52. The molecule has 1 aromatic carbocycles. The fourth-order valence-corrected chi connectivity index (χ4v) is 1.39. The molecule has 0 fully saturated rings. The minimum atomic E-state index is -0.815. The first-order valence-corrected chi connectivity index (χ1v) is 4.52. The summed E-state index contributed by atoms with van der Waals surface area (Å²) in [5.74, 6) is -0.544. The molecule has 76 valence electrons. The second kappa shape index (κ2) is 4.13.